The summed E-state index contributed by atoms with van der Waals surface area (Å²) in [6, 6.07) is 14.7. The first-order valence-corrected chi connectivity index (χ1v) is 7.97. The van der Waals surface area contributed by atoms with Crippen LogP contribution in [0.3, 0.4) is 0 Å². The van der Waals surface area contributed by atoms with Gasteiger partial charge in [0.1, 0.15) is 12.4 Å². The van der Waals surface area contributed by atoms with Crippen LogP contribution in [0.2, 0.25) is 0 Å². The van der Waals surface area contributed by atoms with Gasteiger partial charge in [0.2, 0.25) is 0 Å². The van der Waals surface area contributed by atoms with Gasteiger partial charge >= 0.3 is 0 Å². The molecular weight excluding hydrogens is 288 g/mol. The van der Waals surface area contributed by atoms with E-state index >= 15 is 0 Å². The number of carbonyl (C=O) groups is 1. The van der Waals surface area contributed by atoms with Gasteiger partial charge in [0.05, 0.1) is 0 Å². The number of hydrogen-bond acceptors (Lipinski definition) is 2. The molecule has 0 saturated heterocycles. The number of aryl methyl sites for hydroxylation is 3. The zero-order chi connectivity index (χ0) is 17.7. The summed E-state index contributed by atoms with van der Waals surface area (Å²) in [5.41, 5.74) is 5.10. The van der Waals surface area contributed by atoms with E-state index in [2.05, 4.69) is 63.2 Å². The predicted octanol–water partition coefficient (Wildman–Crippen LogP) is 5.17. The molecule has 2 aromatic rings. The van der Waals surface area contributed by atoms with E-state index in [0.29, 0.717) is 6.61 Å². The monoisotopic (exact) mass is 316 g/mol. The molecule has 0 amide bonds. The lowest BCUT2D eigenvalue weighted by molar-refractivity contribution is -0.122. The molecule has 0 heterocycles. The molecule has 0 atom stereocenters. The molecule has 0 fully saturated rings. The maximum Gasteiger partial charge on any atom is 0.290 e. The van der Waals surface area contributed by atoms with Crippen molar-refractivity contribution in [2.75, 3.05) is 0 Å². The molecule has 126 valence electrons. The maximum absolute atomic E-state index is 8.36. The van der Waals surface area contributed by atoms with Gasteiger partial charge in [-0.15, -0.1) is 0 Å². The molecule has 2 rings (SSSR count). The van der Waals surface area contributed by atoms with E-state index in [4.69, 9.17) is 14.6 Å². The highest BCUT2D eigenvalue weighted by Gasteiger charge is 2.03. The topological polar surface area (TPSA) is 46.5 Å². The van der Waals surface area contributed by atoms with Gasteiger partial charge in [-0.2, -0.15) is 0 Å². The standard InChI is InChI=1S/C17H20O.C2H6.CH2O2/c1-4-15-11-13(2)9-10-17(15)18-12-16-8-6-5-7-14(16)3;1-2;2-1-3/h5-11H,4,12H2,1-3H3;1-2H3;1H,(H,2,3). The molecule has 0 spiro atoms. The first kappa shape index (κ1) is 20.7. The summed E-state index contributed by atoms with van der Waals surface area (Å²) in [6.45, 7) is 10.8. The third-order valence-corrected chi connectivity index (χ3v) is 3.24. The minimum absolute atomic E-state index is 0.250. The highest BCUT2D eigenvalue weighted by atomic mass is 16.5. The number of rotatable bonds is 4. The van der Waals surface area contributed by atoms with Crippen molar-refractivity contribution in [1.29, 1.82) is 0 Å². The quantitative estimate of drug-likeness (QED) is 0.791. The number of benzene rings is 2. The zero-order valence-electron chi connectivity index (χ0n) is 14.8. The summed E-state index contributed by atoms with van der Waals surface area (Å²) >= 11 is 0. The minimum Gasteiger partial charge on any atom is -0.489 e. The Morgan fingerprint density at radius 2 is 1.65 bits per heavy atom. The number of ether oxygens (including phenoxy) is 1. The van der Waals surface area contributed by atoms with Crippen LogP contribution in [0.15, 0.2) is 42.5 Å². The third kappa shape index (κ3) is 7.50. The summed E-state index contributed by atoms with van der Waals surface area (Å²) in [6.07, 6.45) is 1.00. The average molecular weight is 316 g/mol. The van der Waals surface area contributed by atoms with Gasteiger partial charge in [-0.1, -0.05) is 62.7 Å². The second-order valence-electron chi connectivity index (χ2n) is 4.79. The van der Waals surface area contributed by atoms with Crippen LogP contribution in [-0.4, -0.2) is 11.6 Å². The van der Waals surface area contributed by atoms with E-state index in [1.807, 2.05) is 13.8 Å². The molecule has 23 heavy (non-hydrogen) atoms. The van der Waals surface area contributed by atoms with E-state index in [1.54, 1.807) is 0 Å². The summed E-state index contributed by atoms with van der Waals surface area (Å²) in [4.78, 5) is 8.36. The second kappa shape index (κ2) is 12.3. The molecule has 3 heteroatoms. The van der Waals surface area contributed by atoms with Crippen LogP contribution in [0.1, 0.15) is 43.0 Å². The molecule has 3 nitrogen and oxygen atoms in total. The molecule has 0 unspecified atom stereocenters. The molecule has 0 aliphatic heterocycles. The van der Waals surface area contributed by atoms with E-state index < -0.39 is 0 Å². The van der Waals surface area contributed by atoms with Crippen LogP contribution in [0.5, 0.6) is 5.75 Å². The smallest absolute Gasteiger partial charge is 0.290 e. The largest absolute Gasteiger partial charge is 0.489 e. The fraction of sp³-hybridized carbons (Fsp3) is 0.350. The van der Waals surface area contributed by atoms with Crippen molar-refractivity contribution in [2.45, 2.75) is 47.6 Å². The van der Waals surface area contributed by atoms with E-state index in [9.17, 15) is 0 Å². The zero-order valence-corrected chi connectivity index (χ0v) is 14.8. The van der Waals surface area contributed by atoms with Gasteiger partial charge < -0.3 is 9.84 Å². The molecular formula is C20H28O3. The van der Waals surface area contributed by atoms with Crippen molar-refractivity contribution >= 4 is 6.47 Å². The number of hydrogen-bond donors (Lipinski definition) is 1. The van der Waals surface area contributed by atoms with Crippen LogP contribution in [0.4, 0.5) is 0 Å². The summed E-state index contributed by atoms with van der Waals surface area (Å²) in [5, 5.41) is 6.89. The Balaban J connectivity index is 0.000000868. The van der Waals surface area contributed by atoms with Crippen molar-refractivity contribution in [3.63, 3.8) is 0 Å². The van der Waals surface area contributed by atoms with E-state index in [-0.39, 0.29) is 6.47 Å². The molecule has 1 N–H and O–H groups in total. The Bertz CT molecular complexity index is 577. The Morgan fingerprint density at radius 1 is 1.04 bits per heavy atom. The van der Waals surface area contributed by atoms with Crippen molar-refractivity contribution in [3.05, 3.63) is 64.7 Å². The lowest BCUT2D eigenvalue weighted by atomic mass is 10.1. The molecule has 0 saturated carbocycles. The normalized spacial score (nSPS) is 8.91. The fourth-order valence-electron chi connectivity index (χ4n) is 2.05. The first-order chi connectivity index (χ1) is 11.1. The lowest BCUT2D eigenvalue weighted by Crippen LogP contribution is -2.00. The molecule has 0 bridgehead atoms. The van der Waals surface area contributed by atoms with Crippen molar-refractivity contribution in [3.8, 4) is 5.75 Å². The Morgan fingerprint density at radius 3 is 2.22 bits per heavy atom. The molecule has 0 aromatic heterocycles. The fourth-order valence-corrected chi connectivity index (χ4v) is 2.05. The van der Waals surface area contributed by atoms with E-state index in [0.717, 1.165) is 12.2 Å². The maximum atomic E-state index is 8.36. The van der Waals surface area contributed by atoms with Gasteiger partial charge in [0.25, 0.3) is 6.47 Å². The van der Waals surface area contributed by atoms with Crippen LogP contribution >= 0.6 is 0 Å². The summed E-state index contributed by atoms with van der Waals surface area (Å²) in [7, 11) is 0. The first-order valence-electron chi connectivity index (χ1n) is 7.97. The summed E-state index contributed by atoms with van der Waals surface area (Å²) in [5.74, 6) is 1.01. The molecule has 0 aliphatic rings. The average Bonchev–Trinajstić information content (AvgIpc) is 2.57. The lowest BCUT2D eigenvalue weighted by Gasteiger charge is -2.12. The van der Waals surface area contributed by atoms with Crippen LogP contribution in [0, 0.1) is 13.8 Å². The van der Waals surface area contributed by atoms with Crippen LogP contribution in [0.25, 0.3) is 0 Å². The highest BCUT2D eigenvalue weighted by Crippen LogP contribution is 2.22. The molecule has 2 aromatic carbocycles. The molecule has 0 radical (unpaired) electrons. The van der Waals surface area contributed by atoms with E-state index in [1.165, 1.54) is 22.3 Å². The second-order valence-corrected chi connectivity index (χ2v) is 4.79. The SMILES string of the molecule is CC.CCc1cc(C)ccc1OCc1ccccc1C.O=CO. The van der Waals surface area contributed by atoms with Gasteiger partial charge in [0.15, 0.2) is 0 Å². The number of carboxylic acid groups (broad SMARTS) is 1. The minimum atomic E-state index is -0.250. The van der Waals surface area contributed by atoms with Crippen molar-refractivity contribution in [1.82, 2.24) is 0 Å². The Labute approximate surface area is 139 Å². The Kier molecular flexibility index (Phi) is 11.1. The van der Waals surface area contributed by atoms with Crippen LogP contribution in [-0.2, 0) is 17.8 Å². The van der Waals surface area contributed by atoms with Crippen LogP contribution < -0.4 is 4.74 Å². The van der Waals surface area contributed by atoms with Gasteiger partial charge in [0, 0.05) is 0 Å². The van der Waals surface area contributed by atoms with Crippen molar-refractivity contribution < 1.29 is 14.6 Å². The summed E-state index contributed by atoms with van der Waals surface area (Å²) < 4.78 is 5.95. The predicted molar refractivity (Wildman–Crippen MR) is 96.1 cm³/mol. The van der Waals surface area contributed by atoms with Gasteiger partial charge in [-0.3, -0.25) is 4.79 Å². The van der Waals surface area contributed by atoms with Gasteiger partial charge in [-0.25, -0.2) is 0 Å². The van der Waals surface area contributed by atoms with Gasteiger partial charge in [-0.05, 0) is 43.0 Å². The molecule has 0 aliphatic carbocycles. The third-order valence-electron chi connectivity index (χ3n) is 3.24. The highest BCUT2D eigenvalue weighted by molar-refractivity contribution is 5.37. The Hall–Kier alpha value is -2.29. The van der Waals surface area contributed by atoms with Crippen molar-refractivity contribution in [2.24, 2.45) is 0 Å².